The molecule has 0 spiro atoms. The molecule has 0 saturated carbocycles. The van der Waals surface area contributed by atoms with Crippen molar-refractivity contribution in [2.45, 2.75) is 19.8 Å². The maximum atomic E-state index is 11.8. The molecule has 1 aromatic rings. The molecule has 1 aromatic heterocycles. The van der Waals surface area contributed by atoms with Crippen LogP contribution < -0.4 is 5.32 Å². The monoisotopic (exact) mass is 238 g/mol. The SMILES string of the molecule is CCCCN(CCO)C(=O)Nc1cccnn1. The number of amides is 2. The predicted molar refractivity (Wildman–Crippen MR) is 64.6 cm³/mol. The summed E-state index contributed by atoms with van der Waals surface area (Å²) in [5.74, 6) is 0.414. The third-order valence-corrected chi connectivity index (χ3v) is 2.25. The number of nitrogens with one attached hydrogen (secondary N) is 1. The van der Waals surface area contributed by atoms with Crippen LogP contribution in [0.3, 0.4) is 0 Å². The van der Waals surface area contributed by atoms with E-state index in [1.54, 1.807) is 17.0 Å². The second kappa shape index (κ2) is 7.56. The largest absolute Gasteiger partial charge is 0.395 e. The first kappa shape index (κ1) is 13.4. The Labute approximate surface area is 101 Å². The lowest BCUT2D eigenvalue weighted by atomic mass is 10.3. The molecular weight excluding hydrogens is 220 g/mol. The molecule has 94 valence electrons. The van der Waals surface area contributed by atoms with Crippen molar-refractivity contribution < 1.29 is 9.90 Å². The number of unbranched alkanes of at least 4 members (excludes halogenated alkanes) is 1. The van der Waals surface area contributed by atoms with Gasteiger partial charge in [-0.1, -0.05) is 13.3 Å². The van der Waals surface area contributed by atoms with Crippen molar-refractivity contribution in [2.75, 3.05) is 25.0 Å². The van der Waals surface area contributed by atoms with Gasteiger partial charge in [-0.05, 0) is 18.6 Å². The van der Waals surface area contributed by atoms with Crippen LogP contribution in [0.5, 0.6) is 0 Å². The molecule has 0 atom stereocenters. The first-order valence-corrected chi connectivity index (χ1v) is 5.72. The summed E-state index contributed by atoms with van der Waals surface area (Å²) in [5, 5.41) is 19.0. The van der Waals surface area contributed by atoms with Crippen molar-refractivity contribution in [1.82, 2.24) is 15.1 Å². The van der Waals surface area contributed by atoms with Gasteiger partial charge in [-0.2, -0.15) is 5.10 Å². The molecule has 0 aromatic carbocycles. The van der Waals surface area contributed by atoms with Gasteiger partial charge >= 0.3 is 6.03 Å². The minimum Gasteiger partial charge on any atom is -0.395 e. The van der Waals surface area contributed by atoms with Crippen LogP contribution in [-0.4, -0.2) is 45.9 Å². The van der Waals surface area contributed by atoms with Gasteiger partial charge in [0, 0.05) is 19.3 Å². The summed E-state index contributed by atoms with van der Waals surface area (Å²) < 4.78 is 0. The molecule has 0 radical (unpaired) electrons. The summed E-state index contributed by atoms with van der Waals surface area (Å²) in [6.45, 7) is 2.96. The van der Waals surface area contributed by atoms with Crippen LogP contribution >= 0.6 is 0 Å². The molecule has 2 N–H and O–H groups in total. The van der Waals surface area contributed by atoms with Gasteiger partial charge in [-0.15, -0.1) is 5.10 Å². The van der Waals surface area contributed by atoms with E-state index in [0.717, 1.165) is 12.8 Å². The van der Waals surface area contributed by atoms with Crippen LogP contribution in [0.1, 0.15) is 19.8 Å². The smallest absolute Gasteiger partial charge is 0.323 e. The van der Waals surface area contributed by atoms with Crippen molar-refractivity contribution in [1.29, 1.82) is 0 Å². The zero-order valence-corrected chi connectivity index (χ0v) is 9.96. The summed E-state index contributed by atoms with van der Waals surface area (Å²) in [4.78, 5) is 13.4. The number of aliphatic hydroxyl groups is 1. The van der Waals surface area contributed by atoms with E-state index in [4.69, 9.17) is 5.11 Å². The van der Waals surface area contributed by atoms with E-state index in [9.17, 15) is 4.79 Å². The number of aromatic nitrogens is 2. The van der Waals surface area contributed by atoms with Gasteiger partial charge in [0.05, 0.1) is 6.61 Å². The van der Waals surface area contributed by atoms with E-state index in [0.29, 0.717) is 18.9 Å². The maximum Gasteiger partial charge on any atom is 0.323 e. The van der Waals surface area contributed by atoms with Crippen molar-refractivity contribution >= 4 is 11.8 Å². The third-order valence-electron chi connectivity index (χ3n) is 2.25. The summed E-state index contributed by atoms with van der Waals surface area (Å²) >= 11 is 0. The van der Waals surface area contributed by atoms with Crippen LogP contribution in [0.25, 0.3) is 0 Å². The minimum absolute atomic E-state index is 0.0440. The van der Waals surface area contributed by atoms with Crippen molar-refractivity contribution in [2.24, 2.45) is 0 Å². The molecule has 0 aliphatic carbocycles. The van der Waals surface area contributed by atoms with Gasteiger partial charge in [-0.25, -0.2) is 4.79 Å². The number of anilines is 1. The lowest BCUT2D eigenvalue weighted by molar-refractivity contribution is 0.187. The highest BCUT2D eigenvalue weighted by atomic mass is 16.3. The number of carbonyl (C=O) groups is 1. The van der Waals surface area contributed by atoms with Gasteiger partial charge in [0.15, 0.2) is 5.82 Å². The van der Waals surface area contributed by atoms with E-state index in [1.807, 2.05) is 0 Å². The molecule has 0 aliphatic rings. The number of hydrogen-bond acceptors (Lipinski definition) is 4. The molecule has 17 heavy (non-hydrogen) atoms. The van der Waals surface area contributed by atoms with Gasteiger partial charge in [0.2, 0.25) is 0 Å². The summed E-state index contributed by atoms with van der Waals surface area (Å²) in [5.41, 5.74) is 0. The molecule has 0 bridgehead atoms. The van der Waals surface area contributed by atoms with E-state index >= 15 is 0 Å². The van der Waals surface area contributed by atoms with Crippen LogP contribution in [0.15, 0.2) is 18.3 Å². The van der Waals surface area contributed by atoms with Gasteiger partial charge in [0.1, 0.15) is 0 Å². The molecule has 1 rings (SSSR count). The van der Waals surface area contributed by atoms with Crippen LogP contribution in [0.4, 0.5) is 10.6 Å². The molecule has 1 heterocycles. The Kier molecular flexibility index (Phi) is 5.95. The van der Waals surface area contributed by atoms with Crippen molar-refractivity contribution in [3.05, 3.63) is 18.3 Å². The lowest BCUT2D eigenvalue weighted by Crippen LogP contribution is -2.38. The Morgan fingerprint density at radius 2 is 2.35 bits per heavy atom. The topological polar surface area (TPSA) is 78.4 Å². The van der Waals surface area contributed by atoms with Crippen molar-refractivity contribution in [3.63, 3.8) is 0 Å². The second-order valence-corrected chi connectivity index (χ2v) is 3.60. The molecule has 0 saturated heterocycles. The lowest BCUT2D eigenvalue weighted by Gasteiger charge is -2.21. The molecule has 0 aliphatic heterocycles. The Balaban J connectivity index is 2.52. The van der Waals surface area contributed by atoms with Crippen LogP contribution in [0.2, 0.25) is 0 Å². The average molecular weight is 238 g/mol. The Morgan fingerprint density at radius 1 is 1.53 bits per heavy atom. The number of urea groups is 1. The predicted octanol–water partition coefficient (Wildman–Crippen LogP) is 1.10. The van der Waals surface area contributed by atoms with E-state index in [2.05, 4.69) is 22.4 Å². The molecule has 0 unspecified atom stereocenters. The van der Waals surface area contributed by atoms with E-state index in [-0.39, 0.29) is 12.6 Å². The third kappa shape index (κ3) is 4.78. The number of hydrogen-bond donors (Lipinski definition) is 2. The molecule has 6 heteroatoms. The van der Waals surface area contributed by atoms with Gasteiger partial charge < -0.3 is 10.0 Å². The Hall–Kier alpha value is -1.69. The average Bonchev–Trinajstić information content (AvgIpc) is 2.35. The molecule has 0 fully saturated rings. The first-order valence-electron chi connectivity index (χ1n) is 5.72. The van der Waals surface area contributed by atoms with Crippen LogP contribution in [-0.2, 0) is 0 Å². The summed E-state index contributed by atoms with van der Waals surface area (Å²) in [6, 6.07) is 3.11. The van der Waals surface area contributed by atoms with Gasteiger partial charge in [0.25, 0.3) is 0 Å². The number of carbonyl (C=O) groups excluding carboxylic acids is 1. The molecular formula is C11H18N4O2. The normalized spacial score (nSPS) is 10.0. The quantitative estimate of drug-likeness (QED) is 0.778. The van der Waals surface area contributed by atoms with E-state index < -0.39 is 0 Å². The summed E-state index contributed by atoms with van der Waals surface area (Å²) in [6.07, 6.45) is 3.45. The Morgan fingerprint density at radius 3 is 2.94 bits per heavy atom. The highest BCUT2D eigenvalue weighted by Gasteiger charge is 2.12. The number of aliphatic hydroxyl groups excluding tert-OH is 1. The fraction of sp³-hybridized carbons (Fsp3) is 0.545. The number of rotatable bonds is 6. The molecule has 2 amide bonds. The maximum absolute atomic E-state index is 11.8. The Bertz CT molecular complexity index is 332. The standard InChI is InChI=1S/C11H18N4O2/c1-2-3-7-15(8-9-16)11(17)13-10-5-4-6-12-14-10/h4-6,16H,2-3,7-9H2,1H3,(H,13,14,17). The summed E-state index contributed by atoms with van der Waals surface area (Å²) in [7, 11) is 0. The van der Waals surface area contributed by atoms with Crippen molar-refractivity contribution in [3.8, 4) is 0 Å². The van der Waals surface area contributed by atoms with E-state index in [1.165, 1.54) is 6.20 Å². The van der Waals surface area contributed by atoms with Crippen LogP contribution in [0, 0.1) is 0 Å². The second-order valence-electron chi connectivity index (χ2n) is 3.60. The fourth-order valence-electron chi connectivity index (χ4n) is 1.34. The number of nitrogens with zero attached hydrogens (tertiary/aromatic N) is 3. The fourth-order valence-corrected chi connectivity index (χ4v) is 1.34. The van der Waals surface area contributed by atoms with Gasteiger partial charge in [-0.3, -0.25) is 5.32 Å². The first-order chi connectivity index (χ1) is 8.27. The molecule has 6 nitrogen and oxygen atoms in total. The minimum atomic E-state index is -0.256. The highest BCUT2D eigenvalue weighted by molar-refractivity contribution is 5.88. The highest BCUT2D eigenvalue weighted by Crippen LogP contribution is 2.02. The zero-order chi connectivity index (χ0) is 12.5. The zero-order valence-electron chi connectivity index (χ0n) is 9.96.